The van der Waals surface area contributed by atoms with E-state index in [0.29, 0.717) is 17.9 Å². The van der Waals surface area contributed by atoms with Crippen LogP contribution in [0.25, 0.3) is 0 Å². The lowest BCUT2D eigenvalue weighted by atomic mass is 9.84. The molecule has 1 aliphatic heterocycles. The molecule has 0 spiro atoms. The zero-order chi connectivity index (χ0) is 16.9. The number of hydrogen-bond acceptors (Lipinski definition) is 3. The van der Waals surface area contributed by atoms with E-state index in [0.717, 1.165) is 25.9 Å². The summed E-state index contributed by atoms with van der Waals surface area (Å²) in [5.41, 5.74) is 5.09. The van der Waals surface area contributed by atoms with E-state index < -0.39 is 11.4 Å². The first-order chi connectivity index (χ1) is 10.9. The maximum absolute atomic E-state index is 12.5. The summed E-state index contributed by atoms with van der Waals surface area (Å²) in [6, 6.07) is 9.14. The maximum Gasteiger partial charge on any atom is 0.247 e. The minimum atomic E-state index is -1.18. The predicted octanol–water partition coefficient (Wildman–Crippen LogP) is 1.53. The van der Waals surface area contributed by atoms with Gasteiger partial charge in [-0.1, -0.05) is 37.3 Å². The number of benzene rings is 1. The average Bonchev–Trinajstić information content (AvgIpc) is 2.56. The van der Waals surface area contributed by atoms with Crippen LogP contribution >= 0.6 is 0 Å². The lowest BCUT2D eigenvalue weighted by Gasteiger charge is -2.31. The van der Waals surface area contributed by atoms with Crippen LogP contribution in [0.4, 0.5) is 0 Å². The molecule has 1 aromatic rings. The molecule has 5 heteroatoms. The van der Waals surface area contributed by atoms with E-state index >= 15 is 0 Å². The summed E-state index contributed by atoms with van der Waals surface area (Å²) in [4.78, 5) is 24.4. The maximum atomic E-state index is 12.5. The molecule has 2 amide bonds. The average molecular weight is 317 g/mol. The van der Waals surface area contributed by atoms with Gasteiger partial charge in [0.1, 0.15) is 5.54 Å². The number of primary amides is 1. The highest BCUT2D eigenvalue weighted by Crippen LogP contribution is 2.24. The van der Waals surface area contributed by atoms with Gasteiger partial charge in [0.05, 0.1) is 0 Å². The molecule has 0 saturated carbocycles. The molecule has 0 aromatic heterocycles. The fourth-order valence-corrected chi connectivity index (χ4v) is 3.20. The largest absolute Gasteiger partial charge is 0.367 e. The van der Waals surface area contributed by atoms with Gasteiger partial charge in [0.25, 0.3) is 0 Å². The van der Waals surface area contributed by atoms with Gasteiger partial charge in [-0.15, -0.1) is 0 Å². The second-order valence-electron chi connectivity index (χ2n) is 6.69. The van der Waals surface area contributed by atoms with E-state index in [1.165, 1.54) is 0 Å². The van der Waals surface area contributed by atoms with E-state index in [4.69, 9.17) is 5.73 Å². The van der Waals surface area contributed by atoms with Crippen molar-refractivity contribution >= 4 is 11.8 Å². The third-order valence-electron chi connectivity index (χ3n) is 4.88. The van der Waals surface area contributed by atoms with E-state index in [1.807, 2.05) is 18.2 Å². The Kier molecular flexibility index (Phi) is 5.77. The molecule has 1 heterocycles. The molecular formula is C18H27N3O2. The molecule has 0 bridgehead atoms. The fourth-order valence-electron chi connectivity index (χ4n) is 3.20. The SMILES string of the molecule is CC(CC(=O)NC(C)(C(N)=O)c1ccccc1)C1CCCNC1. The lowest BCUT2D eigenvalue weighted by molar-refractivity contribution is -0.132. The summed E-state index contributed by atoms with van der Waals surface area (Å²) in [7, 11) is 0. The van der Waals surface area contributed by atoms with Gasteiger partial charge in [-0.2, -0.15) is 0 Å². The first-order valence-corrected chi connectivity index (χ1v) is 8.30. The fraction of sp³-hybridized carbons (Fsp3) is 0.556. The van der Waals surface area contributed by atoms with Crippen molar-refractivity contribution in [2.45, 2.75) is 38.6 Å². The van der Waals surface area contributed by atoms with Gasteiger partial charge in [0.2, 0.25) is 11.8 Å². The normalized spacial score (nSPS) is 21.9. The van der Waals surface area contributed by atoms with Crippen molar-refractivity contribution in [2.24, 2.45) is 17.6 Å². The zero-order valence-corrected chi connectivity index (χ0v) is 14.0. The van der Waals surface area contributed by atoms with Gasteiger partial charge >= 0.3 is 0 Å². The Morgan fingerprint density at radius 3 is 2.65 bits per heavy atom. The van der Waals surface area contributed by atoms with Crippen LogP contribution in [0, 0.1) is 11.8 Å². The van der Waals surface area contributed by atoms with Crippen LogP contribution in [0.5, 0.6) is 0 Å². The van der Waals surface area contributed by atoms with Gasteiger partial charge in [-0.25, -0.2) is 0 Å². The number of carbonyl (C=O) groups is 2. The molecule has 3 atom stereocenters. The molecule has 1 aromatic carbocycles. The van der Waals surface area contributed by atoms with Crippen LogP contribution in [-0.4, -0.2) is 24.9 Å². The molecule has 5 nitrogen and oxygen atoms in total. The third-order valence-corrected chi connectivity index (χ3v) is 4.88. The molecule has 0 aliphatic carbocycles. The van der Waals surface area contributed by atoms with Crippen molar-refractivity contribution in [3.05, 3.63) is 35.9 Å². The Hall–Kier alpha value is -1.88. The summed E-state index contributed by atoms with van der Waals surface area (Å²) in [5.74, 6) is 0.0963. The molecule has 4 N–H and O–H groups in total. The zero-order valence-electron chi connectivity index (χ0n) is 14.0. The van der Waals surface area contributed by atoms with Crippen molar-refractivity contribution in [3.8, 4) is 0 Å². The molecule has 2 rings (SSSR count). The number of rotatable bonds is 6. The van der Waals surface area contributed by atoms with Crippen LogP contribution in [-0.2, 0) is 15.1 Å². The second-order valence-corrected chi connectivity index (χ2v) is 6.69. The first-order valence-electron chi connectivity index (χ1n) is 8.30. The Morgan fingerprint density at radius 2 is 2.09 bits per heavy atom. The highest BCUT2D eigenvalue weighted by molar-refractivity contribution is 5.91. The Morgan fingerprint density at radius 1 is 1.39 bits per heavy atom. The van der Waals surface area contributed by atoms with Gasteiger partial charge in [0.15, 0.2) is 0 Å². The molecular weight excluding hydrogens is 290 g/mol. The molecule has 1 saturated heterocycles. The third kappa shape index (κ3) is 4.32. The number of nitrogens with two attached hydrogens (primary N) is 1. The highest BCUT2D eigenvalue weighted by Gasteiger charge is 2.35. The summed E-state index contributed by atoms with van der Waals surface area (Å²) in [6.07, 6.45) is 2.70. The van der Waals surface area contributed by atoms with Crippen LogP contribution in [0.1, 0.15) is 38.7 Å². The van der Waals surface area contributed by atoms with Crippen molar-refractivity contribution < 1.29 is 9.59 Å². The van der Waals surface area contributed by atoms with Crippen molar-refractivity contribution in [3.63, 3.8) is 0 Å². The summed E-state index contributed by atoms with van der Waals surface area (Å²) in [6.45, 7) is 5.78. The molecule has 126 valence electrons. The number of nitrogens with one attached hydrogen (secondary N) is 2. The molecule has 1 fully saturated rings. The first kappa shape index (κ1) is 17.5. The number of piperidine rings is 1. The standard InChI is InChI=1S/C18H27N3O2/c1-13(14-7-6-10-20-12-14)11-16(22)21-18(2,17(19)23)15-8-4-3-5-9-15/h3-5,8-9,13-14,20H,6-7,10-12H2,1-2H3,(H2,19,23)(H,21,22). The minimum Gasteiger partial charge on any atom is -0.367 e. The van der Waals surface area contributed by atoms with Crippen molar-refractivity contribution in [2.75, 3.05) is 13.1 Å². The number of amides is 2. The van der Waals surface area contributed by atoms with E-state index in [-0.39, 0.29) is 11.8 Å². The van der Waals surface area contributed by atoms with Crippen LogP contribution in [0.3, 0.4) is 0 Å². The van der Waals surface area contributed by atoms with Crippen LogP contribution < -0.4 is 16.4 Å². The van der Waals surface area contributed by atoms with Gasteiger partial charge < -0.3 is 16.4 Å². The van der Waals surface area contributed by atoms with Gasteiger partial charge in [-0.3, -0.25) is 9.59 Å². The smallest absolute Gasteiger partial charge is 0.247 e. The van der Waals surface area contributed by atoms with Gasteiger partial charge in [0, 0.05) is 6.42 Å². The Bertz CT molecular complexity index is 540. The topological polar surface area (TPSA) is 84.2 Å². The summed E-state index contributed by atoms with van der Waals surface area (Å²) >= 11 is 0. The van der Waals surface area contributed by atoms with Crippen molar-refractivity contribution in [1.82, 2.24) is 10.6 Å². The quantitative estimate of drug-likeness (QED) is 0.744. The van der Waals surface area contributed by atoms with E-state index in [2.05, 4.69) is 17.6 Å². The Balaban J connectivity index is 2.02. The molecule has 1 aliphatic rings. The lowest BCUT2D eigenvalue weighted by Crippen LogP contribution is -2.53. The second kappa shape index (κ2) is 7.59. The van der Waals surface area contributed by atoms with E-state index in [1.54, 1.807) is 19.1 Å². The predicted molar refractivity (Wildman–Crippen MR) is 90.5 cm³/mol. The van der Waals surface area contributed by atoms with Crippen molar-refractivity contribution in [1.29, 1.82) is 0 Å². The highest BCUT2D eigenvalue weighted by atomic mass is 16.2. The van der Waals surface area contributed by atoms with Gasteiger partial charge in [-0.05, 0) is 50.3 Å². The number of hydrogen-bond donors (Lipinski definition) is 3. The van der Waals surface area contributed by atoms with Crippen LogP contribution in [0.2, 0.25) is 0 Å². The molecule has 23 heavy (non-hydrogen) atoms. The molecule has 0 radical (unpaired) electrons. The minimum absolute atomic E-state index is 0.131. The van der Waals surface area contributed by atoms with Crippen LogP contribution in [0.15, 0.2) is 30.3 Å². The monoisotopic (exact) mass is 317 g/mol. The molecule has 3 unspecified atom stereocenters. The number of carbonyl (C=O) groups excluding carboxylic acids is 2. The summed E-state index contributed by atoms with van der Waals surface area (Å²) in [5, 5.41) is 6.22. The summed E-state index contributed by atoms with van der Waals surface area (Å²) < 4.78 is 0. The van der Waals surface area contributed by atoms with E-state index in [9.17, 15) is 9.59 Å². The Labute approximate surface area is 138 Å².